The number of carbonyl (C=O) groups excluding carboxylic acids is 1. The molecule has 1 aromatic rings. The van der Waals surface area contributed by atoms with Gasteiger partial charge in [-0.25, -0.2) is 13.2 Å². The van der Waals surface area contributed by atoms with Gasteiger partial charge in [0.25, 0.3) is 0 Å². The van der Waals surface area contributed by atoms with Crippen molar-refractivity contribution < 1.29 is 17.9 Å². The highest BCUT2D eigenvalue weighted by Gasteiger charge is 2.32. The summed E-state index contributed by atoms with van der Waals surface area (Å²) < 4.78 is 28.2. The van der Waals surface area contributed by atoms with E-state index in [0.29, 0.717) is 19.4 Å². The largest absolute Gasteiger partial charge is 0.496 e. The quantitative estimate of drug-likeness (QED) is 0.878. The number of ether oxygens (including phenoxy) is 1. The minimum Gasteiger partial charge on any atom is -0.496 e. The summed E-state index contributed by atoms with van der Waals surface area (Å²) in [7, 11) is 0.275. The van der Waals surface area contributed by atoms with Gasteiger partial charge >= 0.3 is 6.03 Å². The summed E-state index contributed by atoms with van der Waals surface area (Å²) in [5, 5.41) is 2.82. The molecule has 0 bridgehead atoms. The zero-order chi connectivity index (χ0) is 16.2. The van der Waals surface area contributed by atoms with Crippen LogP contribution < -0.4 is 10.1 Å². The minimum absolute atomic E-state index is 0.0590. The fourth-order valence-corrected chi connectivity index (χ4v) is 4.36. The first kappa shape index (κ1) is 16.6. The molecule has 2 rings (SSSR count). The van der Waals surface area contributed by atoms with Crippen LogP contribution >= 0.6 is 0 Å². The molecule has 6 nitrogen and oxygen atoms in total. The number of nitrogens with zero attached hydrogens (tertiary/aromatic N) is 1. The van der Waals surface area contributed by atoms with E-state index in [4.69, 9.17) is 4.74 Å². The van der Waals surface area contributed by atoms with Crippen LogP contribution in [0.25, 0.3) is 0 Å². The zero-order valence-electron chi connectivity index (χ0n) is 12.9. The Labute approximate surface area is 131 Å². The Hall–Kier alpha value is -1.76. The third kappa shape index (κ3) is 4.13. The SMILES string of the molecule is COc1ccccc1CCNC(=O)N(C)C1CCS(=O)(=O)C1. The number of hydrogen-bond donors (Lipinski definition) is 1. The van der Waals surface area contributed by atoms with Crippen LogP contribution in [0.15, 0.2) is 24.3 Å². The number of methoxy groups -OCH3 is 1. The van der Waals surface area contributed by atoms with Crippen molar-refractivity contribution in [3.63, 3.8) is 0 Å². The van der Waals surface area contributed by atoms with Gasteiger partial charge in [-0.05, 0) is 24.5 Å². The molecule has 122 valence electrons. The second kappa shape index (κ2) is 7.00. The topological polar surface area (TPSA) is 75.7 Å². The molecule has 1 atom stereocenters. The summed E-state index contributed by atoms with van der Waals surface area (Å²) in [4.78, 5) is 13.6. The van der Waals surface area contributed by atoms with Gasteiger partial charge in [-0.2, -0.15) is 0 Å². The van der Waals surface area contributed by atoms with E-state index in [1.807, 2.05) is 24.3 Å². The van der Waals surface area contributed by atoms with Gasteiger partial charge in [-0.3, -0.25) is 0 Å². The van der Waals surface area contributed by atoms with Crippen LogP contribution in [0.1, 0.15) is 12.0 Å². The summed E-state index contributed by atoms with van der Waals surface area (Å²) in [6.07, 6.45) is 1.17. The van der Waals surface area contributed by atoms with Crippen molar-refractivity contribution in [2.45, 2.75) is 18.9 Å². The molecule has 0 aliphatic carbocycles. The molecule has 2 amide bonds. The van der Waals surface area contributed by atoms with Gasteiger partial charge in [0.05, 0.1) is 18.6 Å². The average Bonchev–Trinajstić information content (AvgIpc) is 2.87. The number of urea groups is 1. The van der Waals surface area contributed by atoms with Crippen LogP contribution in [0.5, 0.6) is 5.75 Å². The van der Waals surface area contributed by atoms with E-state index >= 15 is 0 Å². The van der Waals surface area contributed by atoms with Crippen molar-refractivity contribution >= 4 is 15.9 Å². The lowest BCUT2D eigenvalue weighted by atomic mass is 10.1. The van der Waals surface area contributed by atoms with E-state index in [9.17, 15) is 13.2 Å². The molecule has 1 fully saturated rings. The molecule has 1 saturated heterocycles. The standard InChI is InChI=1S/C15H22N2O4S/c1-17(13-8-10-22(19,20)11-13)15(18)16-9-7-12-5-3-4-6-14(12)21-2/h3-6,13H,7-11H2,1-2H3,(H,16,18). The Morgan fingerprint density at radius 3 is 2.77 bits per heavy atom. The number of benzene rings is 1. The Bertz CT molecular complexity index is 630. The Morgan fingerprint density at radius 1 is 1.41 bits per heavy atom. The van der Waals surface area contributed by atoms with Crippen LogP contribution in [0, 0.1) is 0 Å². The molecule has 1 aromatic carbocycles. The molecule has 7 heteroatoms. The predicted octanol–water partition coefficient (Wildman–Crippen LogP) is 1.07. The zero-order valence-corrected chi connectivity index (χ0v) is 13.7. The molecule has 0 radical (unpaired) electrons. The van der Waals surface area contributed by atoms with E-state index in [2.05, 4.69) is 5.32 Å². The maximum Gasteiger partial charge on any atom is 0.317 e. The van der Waals surface area contributed by atoms with Gasteiger partial charge in [0.15, 0.2) is 9.84 Å². The smallest absolute Gasteiger partial charge is 0.317 e. The molecule has 0 saturated carbocycles. The van der Waals surface area contributed by atoms with E-state index in [-0.39, 0.29) is 23.6 Å². The highest BCUT2D eigenvalue weighted by Crippen LogP contribution is 2.18. The van der Waals surface area contributed by atoms with Crippen LogP contribution in [0.4, 0.5) is 4.79 Å². The van der Waals surface area contributed by atoms with Crippen molar-refractivity contribution in [1.29, 1.82) is 0 Å². The van der Waals surface area contributed by atoms with Gasteiger partial charge in [0.2, 0.25) is 0 Å². The lowest BCUT2D eigenvalue weighted by molar-refractivity contribution is 0.195. The molecule has 1 aliphatic heterocycles. The van der Waals surface area contributed by atoms with E-state index in [0.717, 1.165) is 11.3 Å². The fourth-order valence-electron chi connectivity index (χ4n) is 2.58. The molecule has 1 aliphatic rings. The summed E-state index contributed by atoms with van der Waals surface area (Å²) in [5.41, 5.74) is 1.02. The molecule has 1 unspecified atom stereocenters. The summed E-state index contributed by atoms with van der Waals surface area (Å²) in [6.45, 7) is 0.475. The Kier molecular flexibility index (Phi) is 5.28. The predicted molar refractivity (Wildman–Crippen MR) is 84.9 cm³/mol. The van der Waals surface area contributed by atoms with Crippen molar-refractivity contribution in [2.75, 3.05) is 32.2 Å². The molecule has 22 heavy (non-hydrogen) atoms. The number of hydrogen-bond acceptors (Lipinski definition) is 4. The first-order chi connectivity index (χ1) is 10.4. The second-order valence-corrected chi connectivity index (χ2v) is 7.69. The van der Waals surface area contributed by atoms with Crippen LogP contribution in [0.2, 0.25) is 0 Å². The van der Waals surface area contributed by atoms with E-state index in [1.54, 1.807) is 14.2 Å². The maximum atomic E-state index is 12.1. The van der Waals surface area contributed by atoms with Crippen LogP contribution in [-0.2, 0) is 16.3 Å². The van der Waals surface area contributed by atoms with Gasteiger partial charge in [0, 0.05) is 19.6 Å². The third-order valence-electron chi connectivity index (χ3n) is 3.94. The normalized spacial score (nSPS) is 19.6. The van der Waals surface area contributed by atoms with Crippen molar-refractivity contribution in [3.8, 4) is 5.75 Å². The lowest BCUT2D eigenvalue weighted by Crippen LogP contribution is -2.44. The summed E-state index contributed by atoms with van der Waals surface area (Å²) in [5.74, 6) is 1.02. The van der Waals surface area contributed by atoms with E-state index < -0.39 is 9.84 Å². The average molecular weight is 326 g/mol. The van der Waals surface area contributed by atoms with Gasteiger partial charge < -0.3 is 15.0 Å². The van der Waals surface area contributed by atoms with Crippen molar-refractivity contribution in [1.82, 2.24) is 10.2 Å². The molecule has 0 spiro atoms. The monoisotopic (exact) mass is 326 g/mol. The molecule has 1 N–H and O–H groups in total. The Balaban J connectivity index is 1.83. The first-order valence-corrected chi connectivity index (χ1v) is 9.08. The number of amides is 2. The highest BCUT2D eigenvalue weighted by atomic mass is 32.2. The van der Waals surface area contributed by atoms with Crippen LogP contribution in [-0.4, -0.2) is 57.6 Å². The lowest BCUT2D eigenvalue weighted by Gasteiger charge is -2.23. The van der Waals surface area contributed by atoms with E-state index in [1.165, 1.54) is 4.90 Å². The molecule has 0 aromatic heterocycles. The summed E-state index contributed by atoms with van der Waals surface area (Å²) in [6, 6.07) is 7.20. The number of nitrogens with one attached hydrogen (secondary N) is 1. The number of sulfone groups is 1. The number of rotatable bonds is 5. The fraction of sp³-hybridized carbons (Fsp3) is 0.533. The maximum absolute atomic E-state index is 12.1. The van der Waals surface area contributed by atoms with Crippen LogP contribution in [0.3, 0.4) is 0 Å². The second-order valence-electron chi connectivity index (χ2n) is 5.46. The van der Waals surface area contributed by atoms with Gasteiger partial charge in [0.1, 0.15) is 5.75 Å². The minimum atomic E-state index is -2.98. The first-order valence-electron chi connectivity index (χ1n) is 7.26. The number of carbonyl (C=O) groups is 1. The van der Waals surface area contributed by atoms with Crippen molar-refractivity contribution in [2.24, 2.45) is 0 Å². The molecule has 1 heterocycles. The number of para-hydroxylation sites is 1. The Morgan fingerprint density at radius 2 is 2.14 bits per heavy atom. The molecular formula is C15H22N2O4S. The highest BCUT2D eigenvalue weighted by molar-refractivity contribution is 7.91. The van der Waals surface area contributed by atoms with Gasteiger partial charge in [-0.1, -0.05) is 18.2 Å². The molecular weight excluding hydrogens is 304 g/mol. The third-order valence-corrected chi connectivity index (χ3v) is 5.69. The van der Waals surface area contributed by atoms with Gasteiger partial charge in [-0.15, -0.1) is 0 Å². The van der Waals surface area contributed by atoms with Crippen molar-refractivity contribution in [3.05, 3.63) is 29.8 Å². The summed E-state index contributed by atoms with van der Waals surface area (Å²) >= 11 is 0.